The largest absolute Gasteiger partial charge is 0.511 e. The summed E-state index contributed by atoms with van der Waals surface area (Å²) in [6, 6.07) is 14.2. The van der Waals surface area contributed by atoms with Crippen LogP contribution in [0, 0.1) is 5.41 Å². The predicted octanol–water partition coefficient (Wildman–Crippen LogP) is 5.91. The molecule has 0 saturated heterocycles. The van der Waals surface area contributed by atoms with Crippen molar-refractivity contribution in [3.8, 4) is 0 Å². The zero-order valence-corrected chi connectivity index (χ0v) is 15.2. The molecule has 25 heavy (non-hydrogen) atoms. The lowest BCUT2D eigenvalue weighted by Crippen LogP contribution is -2.32. The molecule has 3 rings (SSSR count). The van der Waals surface area contributed by atoms with Gasteiger partial charge in [-0.25, -0.2) is 0 Å². The van der Waals surface area contributed by atoms with E-state index in [0.717, 1.165) is 22.9 Å². The number of allylic oxidation sites excluding steroid dienone is 2. The van der Waals surface area contributed by atoms with Crippen molar-refractivity contribution in [2.75, 3.05) is 0 Å². The van der Waals surface area contributed by atoms with Crippen molar-refractivity contribution < 1.29 is 9.90 Å². The number of ketones is 1. The number of hydrogen-bond acceptors (Lipinski definition) is 3. The van der Waals surface area contributed by atoms with Gasteiger partial charge in [0.2, 0.25) is 0 Å². The SMILES string of the molecule is CCCC(O)=C1C(=O)CC(C)(C)CC1=Nc1ccc2ccccc2c1. The fraction of sp³-hybridized carbons (Fsp3) is 0.364. The third kappa shape index (κ3) is 3.81. The van der Waals surface area contributed by atoms with Gasteiger partial charge in [0, 0.05) is 12.8 Å². The zero-order chi connectivity index (χ0) is 18.0. The number of Topliss-reactive ketones (excluding diaryl/α,β-unsaturated/α-hetero) is 1. The van der Waals surface area contributed by atoms with Crippen LogP contribution in [0.4, 0.5) is 5.69 Å². The van der Waals surface area contributed by atoms with E-state index in [-0.39, 0.29) is 17.0 Å². The minimum absolute atomic E-state index is 0.00161. The van der Waals surface area contributed by atoms with Gasteiger partial charge >= 0.3 is 0 Å². The Kier molecular flexibility index (Phi) is 4.76. The van der Waals surface area contributed by atoms with E-state index in [1.807, 2.05) is 37.3 Å². The van der Waals surface area contributed by atoms with Crippen LogP contribution < -0.4 is 0 Å². The van der Waals surface area contributed by atoms with Gasteiger partial charge in [0.05, 0.1) is 17.0 Å². The first-order chi connectivity index (χ1) is 11.9. The second-order valence-corrected chi connectivity index (χ2v) is 7.60. The van der Waals surface area contributed by atoms with Gasteiger partial charge in [-0.05, 0) is 41.2 Å². The predicted molar refractivity (Wildman–Crippen MR) is 104 cm³/mol. The molecule has 0 spiro atoms. The monoisotopic (exact) mass is 335 g/mol. The molecule has 0 aromatic heterocycles. The minimum Gasteiger partial charge on any atom is -0.511 e. The molecule has 0 radical (unpaired) electrons. The first kappa shape index (κ1) is 17.4. The number of carbonyl (C=O) groups is 1. The van der Waals surface area contributed by atoms with Crippen molar-refractivity contribution in [1.82, 2.24) is 0 Å². The van der Waals surface area contributed by atoms with Gasteiger partial charge < -0.3 is 5.11 Å². The Morgan fingerprint density at radius 2 is 1.84 bits per heavy atom. The first-order valence-electron chi connectivity index (χ1n) is 8.92. The average Bonchev–Trinajstić information content (AvgIpc) is 2.53. The van der Waals surface area contributed by atoms with Gasteiger partial charge in [-0.2, -0.15) is 0 Å². The van der Waals surface area contributed by atoms with Crippen LogP contribution in [0.1, 0.15) is 46.5 Å². The van der Waals surface area contributed by atoms with Crippen molar-refractivity contribution in [2.24, 2.45) is 10.4 Å². The Morgan fingerprint density at radius 3 is 2.56 bits per heavy atom. The number of carbonyl (C=O) groups excluding carboxylic acids is 1. The molecule has 3 heteroatoms. The summed E-state index contributed by atoms with van der Waals surface area (Å²) < 4.78 is 0. The number of aliphatic imine (C=N–C) groups is 1. The fourth-order valence-electron chi connectivity index (χ4n) is 3.47. The Bertz CT molecular complexity index is 874. The van der Waals surface area contributed by atoms with Gasteiger partial charge in [0.1, 0.15) is 5.76 Å². The molecular formula is C22H25NO2. The highest BCUT2D eigenvalue weighted by Gasteiger charge is 2.36. The lowest BCUT2D eigenvalue weighted by molar-refractivity contribution is -0.117. The van der Waals surface area contributed by atoms with E-state index in [1.165, 1.54) is 0 Å². The van der Waals surface area contributed by atoms with E-state index in [9.17, 15) is 9.90 Å². The van der Waals surface area contributed by atoms with Crippen molar-refractivity contribution >= 4 is 28.0 Å². The molecule has 3 nitrogen and oxygen atoms in total. The maximum absolute atomic E-state index is 12.6. The third-order valence-electron chi connectivity index (χ3n) is 4.63. The topological polar surface area (TPSA) is 49.7 Å². The number of benzene rings is 2. The van der Waals surface area contributed by atoms with Crippen LogP contribution in [0.5, 0.6) is 0 Å². The van der Waals surface area contributed by atoms with Gasteiger partial charge in [-0.15, -0.1) is 0 Å². The summed E-state index contributed by atoms with van der Waals surface area (Å²) in [4.78, 5) is 17.4. The second-order valence-electron chi connectivity index (χ2n) is 7.60. The van der Waals surface area contributed by atoms with Crippen LogP contribution in [0.15, 0.2) is 58.8 Å². The summed E-state index contributed by atoms with van der Waals surface area (Å²) in [5.74, 6) is 0.185. The Morgan fingerprint density at radius 1 is 1.12 bits per heavy atom. The maximum Gasteiger partial charge on any atom is 0.168 e. The number of fused-ring (bicyclic) bond motifs is 1. The van der Waals surface area contributed by atoms with Crippen molar-refractivity contribution in [1.29, 1.82) is 0 Å². The summed E-state index contributed by atoms with van der Waals surface area (Å²) in [7, 11) is 0. The molecule has 0 bridgehead atoms. The molecular weight excluding hydrogens is 310 g/mol. The van der Waals surface area contributed by atoms with Crippen molar-refractivity contribution in [2.45, 2.75) is 46.5 Å². The molecule has 1 aliphatic carbocycles. The Balaban J connectivity index is 2.09. The molecule has 1 saturated carbocycles. The number of rotatable bonds is 3. The number of nitrogens with zero attached hydrogens (tertiary/aromatic N) is 1. The zero-order valence-electron chi connectivity index (χ0n) is 15.2. The third-order valence-corrected chi connectivity index (χ3v) is 4.63. The van der Waals surface area contributed by atoms with E-state index >= 15 is 0 Å². The molecule has 1 fully saturated rings. The van der Waals surface area contributed by atoms with Crippen LogP contribution in [0.2, 0.25) is 0 Å². The van der Waals surface area contributed by atoms with E-state index in [0.29, 0.717) is 30.5 Å². The van der Waals surface area contributed by atoms with E-state index in [1.54, 1.807) is 0 Å². The molecule has 2 aromatic carbocycles. The van der Waals surface area contributed by atoms with Crippen LogP contribution >= 0.6 is 0 Å². The summed E-state index contributed by atoms with van der Waals surface area (Å²) in [5, 5.41) is 12.7. The Labute approximate surface area is 149 Å². The number of aliphatic hydroxyl groups excluding tert-OH is 1. The van der Waals surface area contributed by atoms with Crippen LogP contribution in [-0.4, -0.2) is 16.6 Å². The van der Waals surface area contributed by atoms with Crippen molar-refractivity contribution in [3.05, 3.63) is 53.8 Å². The average molecular weight is 335 g/mol. The standard InChI is InChI=1S/C22H25NO2/c1-4-7-19(24)21-18(13-22(2,3)14-20(21)25)23-17-11-10-15-8-5-6-9-16(15)12-17/h5-6,8-12,24H,4,7,13-14H2,1-3H3. The molecule has 0 unspecified atom stereocenters. The highest BCUT2D eigenvalue weighted by atomic mass is 16.3. The van der Waals surface area contributed by atoms with Crippen LogP contribution in [0.25, 0.3) is 10.8 Å². The molecule has 2 aromatic rings. The van der Waals surface area contributed by atoms with Crippen LogP contribution in [-0.2, 0) is 4.79 Å². The van der Waals surface area contributed by atoms with E-state index < -0.39 is 0 Å². The van der Waals surface area contributed by atoms with E-state index in [4.69, 9.17) is 4.99 Å². The first-order valence-corrected chi connectivity index (χ1v) is 8.92. The molecule has 0 atom stereocenters. The quantitative estimate of drug-likeness (QED) is 0.559. The van der Waals surface area contributed by atoms with Crippen molar-refractivity contribution in [3.63, 3.8) is 0 Å². The number of hydrogen-bond donors (Lipinski definition) is 1. The fourth-order valence-corrected chi connectivity index (χ4v) is 3.47. The molecule has 0 aliphatic heterocycles. The Hall–Kier alpha value is -2.42. The minimum atomic E-state index is -0.136. The lowest BCUT2D eigenvalue weighted by Gasteiger charge is -2.31. The summed E-state index contributed by atoms with van der Waals surface area (Å²) >= 11 is 0. The second kappa shape index (κ2) is 6.83. The molecule has 1 N–H and O–H groups in total. The summed E-state index contributed by atoms with van der Waals surface area (Å²) in [5.41, 5.74) is 1.83. The van der Waals surface area contributed by atoms with Gasteiger partial charge in [0.15, 0.2) is 5.78 Å². The highest BCUT2D eigenvalue weighted by Crippen LogP contribution is 2.37. The normalized spacial score (nSPS) is 20.9. The van der Waals surface area contributed by atoms with Gasteiger partial charge in [-0.3, -0.25) is 9.79 Å². The maximum atomic E-state index is 12.6. The molecule has 0 amide bonds. The number of aliphatic hydroxyl groups is 1. The highest BCUT2D eigenvalue weighted by molar-refractivity contribution is 6.25. The van der Waals surface area contributed by atoms with Gasteiger partial charge in [0.25, 0.3) is 0 Å². The van der Waals surface area contributed by atoms with Gasteiger partial charge in [-0.1, -0.05) is 51.1 Å². The summed E-state index contributed by atoms with van der Waals surface area (Å²) in [6.07, 6.45) is 2.45. The van der Waals surface area contributed by atoms with Crippen LogP contribution in [0.3, 0.4) is 0 Å². The van der Waals surface area contributed by atoms with E-state index in [2.05, 4.69) is 26.0 Å². The molecule has 130 valence electrons. The molecule has 1 aliphatic rings. The lowest BCUT2D eigenvalue weighted by atomic mass is 9.73. The molecule has 0 heterocycles. The smallest absolute Gasteiger partial charge is 0.168 e. The summed E-state index contributed by atoms with van der Waals surface area (Å²) in [6.45, 7) is 6.15.